The lowest BCUT2D eigenvalue weighted by Gasteiger charge is -2.33. The topological polar surface area (TPSA) is 63.9 Å². The van der Waals surface area contributed by atoms with E-state index in [4.69, 9.17) is 11.6 Å². The molecule has 1 aromatic carbocycles. The molecule has 0 saturated heterocycles. The molecular weight excluding hydrogens is 338 g/mol. The molecule has 1 saturated carbocycles. The number of carbonyl (C=O) groups excluding carboxylic acids is 1. The fourth-order valence-corrected chi connectivity index (χ4v) is 3.52. The first-order valence-corrected chi connectivity index (χ1v) is 9.30. The Hall–Kier alpha value is -1.95. The number of carbonyl (C=O) groups is 1. The molecular formula is C18H24ClN5O. The van der Waals surface area contributed by atoms with E-state index < -0.39 is 6.04 Å². The van der Waals surface area contributed by atoms with Crippen LogP contribution in [-0.4, -0.2) is 44.1 Å². The van der Waals surface area contributed by atoms with E-state index in [1.54, 1.807) is 12.1 Å². The van der Waals surface area contributed by atoms with Crippen LogP contribution in [0.4, 0.5) is 0 Å². The number of benzene rings is 1. The number of rotatable bonds is 5. The zero-order valence-corrected chi connectivity index (χ0v) is 15.5. The Morgan fingerprint density at radius 2 is 1.96 bits per heavy atom. The van der Waals surface area contributed by atoms with Gasteiger partial charge in [0.2, 0.25) is 11.7 Å². The lowest BCUT2D eigenvalue weighted by atomic mass is 9.94. The molecule has 0 N–H and O–H groups in total. The zero-order valence-electron chi connectivity index (χ0n) is 14.7. The van der Waals surface area contributed by atoms with Crippen molar-refractivity contribution < 1.29 is 4.79 Å². The Kier molecular flexibility index (Phi) is 5.68. The molecule has 0 spiro atoms. The minimum Gasteiger partial charge on any atom is -0.341 e. The van der Waals surface area contributed by atoms with E-state index in [0.717, 1.165) is 18.4 Å². The van der Waals surface area contributed by atoms with Crippen molar-refractivity contribution in [2.75, 3.05) is 7.05 Å². The van der Waals surface area contributed by atoms with Gasteiger partial charge in [-0.2, -0.15) is 4.80 Å². The monoisotopic (exact) mass is 361 g/mol. The van der Waals surface area contributed by atoms with Gasteiger partial charge in [-0.3, -0.25) is 4.79 Å². The van der Waals surface area contributed by atoms with Crippen molar-refractivity contribution in [1.29, 1.82) is 0 Å². The fourth-order valence-electron chi connectivity index (χ4n) is 3.39. The van der Waals surface area contributed by atoms with Crippen LogP contribution in [0.25, 0.3) is 11.4 Å². The highest BCUT2D eigenvalue weighted by molar-refractivity contribution is 6.30. The van der Waals surface area contributed by atoms with Crippen molar-refractivity contribution >= 4 is 17.5 Å². The third-order valence-corrected chi connectivity index (χ3v) is 5.20. The van der Waals surface area contributed by atoms with E-state index in [0.29, 0.717) is 23.3 Å². The van der Waals surface area contributed by atoms with Crippen LogP contribution in [-0.2, 0) is 4.79 Å². The van der Waals surface area contributed by atoms with Crippen LogP contribution >= 0.6 is 11.6 Å². The molecule has 3 rings (SSSR count). The van der Waals surface area contributed by atoms with Gasteiger partial charge in [0.05, 0.1) is 0 Å². The first kappa shape index (κ1) is 17.9. The van der Waals surface area contributed by atoms with Gasteiger partial charge in [-0.25, -0.2) is 0 Å². The zero-order chi connectivity index (χ0) is 17.8. The molecule has 1 amide bonds. The number of aromatic nitrogens is 4. The van der Waals surface area contributed by atoms with E-state index in [9.17, 15) is 4.79 Å². The molecule has 1 aliphatic rings. The van der Waals surface area contributed by atoms with Gasteiger partial charge in [-0.05, 0) is 48.7 Å². The van der Waals surface area contributed by atoms with E-state index in [2.05, 4.69) is 15.4 Å². The van der Waals surface area contributed by atoms with E-state index in [1.807, 2.05) is 31.0 Å². The maximum absolute atomic E-state index is 12.9. The second-order valence-electron chi connectivity index (χ2n) is 6.61. The van der Waals surface area contributed by atoms with Crippen LogP contribution in [0.2, 0.25) is 5.02 Å². The second kappa shape index (κ2) is 7.95. The molecule has 0 aliphatic heterocycles. The maximum Gasteiger partial charge on any atom is 0.249 e. The molecule has 0 bridgehead atoms. The molecule has 2 aromatic rings. The molecule has 7 heteroatoms. The Morgan fingerprint density at radius 3 is 2.60 bits per heavy atom. The van der Waals surface area contributed by atoms with Gasteiger partial charge in [0.15, 0.2) is 6.04 Å². The Labute approximate surface area is 153 Å². The summed E-state index contributed by atoms with van der Waals surface area (Å²) in [6, 6.07) is 7.18. The summed E-state index contributed by atoms with van der Waals surface area (Å²) in [7, 11) is 1.90. The number of tetrazole rings is 1. The first-order valence-electron chi connectivity index (χ1n) is 8.92. The van der Waals surface area contributed by atoms with Crippen molar-refractivity contribution in [2.24, 2.45) is 0 Å². The third-order valence-electron chi connectivity index (χ3n) is 4.95. The number of hydrogen-bond acceptors (Lipinski definition) is 4. The number of amides is 1. The fraction of sp³-hybridized carbons (Fsp3) is 0.556. The molecule has 1 atom stereocenters. The summed E-state index contributed by atoms with van der Waals surface area (Å²) in [5.74, 6) is 0.567. The number of likely N-dealkylation sites (N-methyl/N-ethyl adjacent to an activating group) is 1. The lowest BCUT2D eigenvalue weighted by molar-refractivity contribution is -0.137. The largest absolute Gasteiger partial charge is 0.341 e. The van der Waals surface area contributed by atoms with E-state index in [-0.39, 0.29) is 5.91 Å². The summed E-state index contributed by atoms with van der Waals surface area (Å²) in [6.07, 6.45) is 6.46. The van der Waals surface area contributed by atoms with E-state index in [1.165, 1.54) is 24.1 Å². The summed E-state index contributed by atoms with van der Waals surface area (Å²) >= 11 is 5.92. The summed E-state index contributed by atoms with van der Waals surface area (Å²) in [4.78, 5) is 16.3. The van der Waals surface area contributed by atoms with Gasteiger partial charge < -0.3 is 4.90 Å². The number of hydrogen-bond donors (Lipinski definition) is 0. The van der Waals surface area contributed by atoms with E-state index >= 15 is 0 Å². The van der Waals surface area contributed by atoms with Crippen LogP contribution in [0.5, 0.6) is 0 Å². The maximum atomic E-state index is 12.9. The van der Waals surface area contributed by atoms with Crippen molar-refractivity contribution in [2.45, 2.75) is 57.5 Å². The molecule has 1 fully saturated rings. The van der Waals surface area contributed by atoms with Crippen molar-refractivity contribution in [3.05, 3.63) is 29.3 Å². The Morgan fingerprint density at radius 1 is 1.28 bits per heavy atom. The average Bonchev–Trinajstić information content (AvgIpc) is 3.12. The van der Waals surface area contributed by atoms with Crippen LogP contribution in [0, 0.1) is 0 Å². The second-order valence-corrected chi connectivity index (χ2v) is 7.04. The smallest absolute Gasteiger partial charge is 0.249 e. The van der Waals surface area contributed by atoms with Crippen LogP contribution in [0.1, 0.15) is 51.5 Å². The summed E-state index contributed by atoms with van der Waals surface area (Å²) in [5, 5.41) is 13.3. The predicted molar refractivity (Wildman–Crippen MR) is 97.2 cm³/mol. The van der Waals surface area contributed by atoms with Crippen LogP contribution < -0.4 is 0 Å². The van der Waals surface area contributed by atoms with Gasteiger partial charge in [0.25, 0.3) is 0 Å². The lowest BCUT2D eigenvalue weighted by Crippen LogP contribution is -2.42. The summed E-state index contributed by atoms with van der Waals surface area (Å²) < 4.78 is 0. The summed E-state index contributed by atoms with van der Waals surface area (Å²) in [5.41, 5.74) is 0.832. The SMILES string of the molecule is CCC(C(=O)N(C)C1CCCCC1)n1nnc(-c2ccc(Cl)cc2)n1. The van der Waals surface area contributed by atoms with Crippen molar-refractivity contribution in [3.63, 3.8) is 0 Å². The molecule has 134 valence electrons. The molecule has 0 radical (unpaired) electrons. The molecule has 6 nitrogen and oxygen atoms in total. The predicted octanol–water partition coefficient (Wildman–Crippen LogP) is 3.74. The van der Waals surface area contributed by atoms with Crippen molar-refractivity contribution in [3.8, 4) is 11.4 Å². The number of nitrogens with zero attached hydrogens (tertiary/aromatic N) is 5. The molecule has 1 aromatic heterocycles. The minimum atomic E-state index is -0.416. The van der Waals surface area contributed by atoms with Gasteiger partial charge in [0, 0.05) is 23.7 Å². The van der Waals surface area contributed by atoms with Crippen LogP contribution in [0.15, 0.2) is 24.3 Å². The molecule has 1 heterocycles. The summed E-state index contributed by atoms with van der Waals surface area (Å²) in [6.45, 7) is 1.97. The Bertz CT molecular complexity index is 709. The van der Waals surface area contributed by atoms with Crippen LogP contribution in [0.3, 0.4) is 0 Å². The Balaban J connectivity index is 1.76. The van der Waals surface area contributed by atoms with Gasteiger partial charge in [-0.1, -0.05) is 37.8 Å². The normalized spacial score (nSPS) is 16.6. The highest BCUT2D eigenvalue weighted by atomic mass is 35.5. The third kappa shape index (κ3) is 4.00. The highest BCUT2D eigenvalue weighted by Crippen LogP contribution is 2.25. The van der Waals surface area contributed by atoms with Gasteiger partial charge in [0.1, 0.15) is 0 Å². The minimum absolute atomic E-state index is 0.0643. The standard InChI is InChI=1S/C18H24ClN5O/c1-3-16(18(25)23(2)15-7-5-4-6-8-15)24-21-17(20-22-24)13-9-11-14(19)12-10-13/h9-12,15-16H,3-8H2,1-2H3. The first-order chi connectivity index (χ1) is 12.1. The van der Waals surface area contributed by atoms with Gasteiger partial charge in [-0.15, -0.1) is 10.2 Å². The molecule has 1 aliphatic carbocycles. The molecule has 25 heavy (non-hydrogen) atoms. The average molecular weight is 362 g/mol. The quantitative estimate of drug-likeness (QED) is 0.813. The van der Waals surface area contributed by atoms with Gasteiger partial charge >= 0.3 is 0 Å². The molecule has 1 unspecified atom stereocenters. The highest BCUT2D eigenvalue weighted by Gasteiger charge is 2.29. The number of halogens is 1. The van der Waals surface area contributed by atoms with Crippen molar-refractivity contribution in [1.82, 2.24) is 25.1 Å².